The highest BCUT2D eigenvalue weighted by molar-refractivity contribution is 4.88. The van der Waals surface area contributed by atoms with Crippen LogP contribution in [0.3, 0.4) is 0 Å². The van der Waals surface area contributed by atoms with E-state index in [4.69, 9.17) is 14.6 Å². The zero-order valence-corrected chi connectivity index (χ0v) is 14.4. The van der Waals surface area contributed by atoms with Gasteiger partial charge in [0.25, 0.3) is 0 Å². The molecule has 1 aliphatic heterocycles. The SMILES string of the molecule is CC(C)(C)NCCCCCCO[C@H]1O[C@H](CO)[C@@H](O)C(O)C1O. The van der Waals surface area contributed by atoms with Crippen molar-refractivity contribution in [2.24, 2.45) is 0 Å². The number of aliphatic hydroxyl groups is 4. The van der Waals surface area contributed by atoms with Gasteiger partial charge in [0.2, 0.25) is 0 Å². The fourth-order valence-electron chi connectivity index (χ4n) is 2.45. The molecule has 5 N–H and O–H groups in total. The summed E-state index contributed by atoms with van der Waals surface area (Å²) in [4.78, 5) is 0. The summed E-state index contributed by atoms with van der Waals surface area (Å²) in [5.74, 6) is 0. The van der Waals surface area contributed by atoms with Crippen LogP contribution in [0.1, 0.15) is 46.5 Å². The molecule has 1 rings (SSSR count). The maximum absolute atomic E-state index is 9.82. The number of rotatable bonds is 9. The second-order valence-electron chi connectivity index (χ2n) is 7.16. The first-order valence-electron chi connectivity index (χ1n) is 8.43. The van der Waals surface area contributed by atoms with Gasteiger partial charge in [-0.25, -0.2) is 0 Å². The van der Waals surface area contributed by atoms with Gasteiger partial charge in [0.15, 0.2) is 6.29 Å². The van der Waals surface area contributed by atoms with Crippen LogP contribution < -0.4 is 5.32 Å². The maximum Gasteiger partial charge on any atom is 0.186 e. The lowest BCUT2D eigenvalue weighted by atomic mass is 9.99. The van der Waals surface area contributed by atoms with Crippen molar-refractivity contribution in [3.8, 4) is 0 Å². The molecule has 138 valence electrons. The zero-order chi connectivity index (χ0) is 17.5. The van der Waals surface area contributed by atoms with Crippen molar-refractivity contribution in [1.82, 2.24) is 5.32 Å². The van der Waals surface area contributed by atoms with E-state index in [1.54, 1.807) is 0 Å². The highest BCUT2D eigenvalue weighted by Crippen LogP contribution is 2.22. The molecule has 1 saturated heterocycles. The van der Waals surface area contributed by atoms with Gasteiger partial charge in [0, 0.05) is 12.1 Å². The molecule has 5 atom stereocenters. The third kappa shape index (κ3) is 7.43. The van der Waals surface area contributed by atoms with Gasteiger partial charge in [0.05, 0.1) is 6.61 Å². The molecule has 2 unspecified atom stereocenters. The first-order chi connectivity index (χ1) is 10.8. The molecule has 7 heteroatoms. The third-order valence-corrected chi connectivity index (χ3v) is 3.86. The van der Waals surface area contributed by atoms with Crippen LogP contribution in [0, 0.1) is 0 Å². The van der Waals surface area contributed by atoms with Crippen LogP contribution in [0.15, 0.2) is 0 Å². The van der Waals surface area contributed by atoms with Gasteiger partial charge >= 0.3 is 0 Å². The number of nitrogens with one attached hydrogen (secondary N) is 1. The molecule has 23 heavy (non-hydrogen) atoms. The largest absolute Gasteiger partial charge is 0.394 e. The molecule has 0 spiro atoms. The lowest BCUT2D eigenvalue weighted by Gasteiger charge is -2.39. The summed E-state index contributed by atoms with van der Waals surface area (Å²) < 4.78 is 10.7. The van der Waals surface area contributed by atoms with E-state index in [1.807, 2.05) is 0 Å². The summed E-state index contributed by atoms with van der Waals surface area (Å²) in [6.45, 7) is 7.36. The molecule has 1 aliphatic rings. The minimum atomic E-state index is -1.38. The van der Waals surface area contributed by atoms with Crippen molar-refractivity contribution < 1.29 is 29.9 Å². The van der Waals surface area contributed by atoms with Gasteiger partial charge < -0.3 is 35.2 Å². The molecule has 0 radical (unpaired) electrons. The Bertz CT molecular complexity index is 320. The number of ether oxygens (including phenoxy) is 2. The maximum atomic E-state index is 9.82. The Hall–Kier alpha value is -0.280. The van der Waals surface area contributed by atoms with E-state index in [2.05, 4.69) is 26.1 Å². The molecule has 0 amide bonds. The Balaban J connectivity index is 2.13. The van der Waals surface area contributed by atoms with Gasteiger partial charge in [-0.3, -0.25) is 0 Å². The second kappa shape index (κ2) is 9.88. The quantitative estimate of drug-likeness (QED) is 0.370. The molecule has 0 aliphatic carbocycles. The van der Waals surface area contributed by atoms with E-state index in [9.17, 15) is 15.3 Å². The van der Waals surface area contributed by atoms with Crippen LogP contribution in [-0.2, 0) is 9.47 Å². The zero-order valence-electron chi connectivity index (χ0n) is 14.4. The van der Waals surface area contributed by atoms with Gasteiger partial charge in [-0.1, -0.05) is 12.8 Å². The summed E-state index contributed by atoms with van der Waals surface area (Å²) in [6, 6.07) is 0. The van der Waals surface area contributed by atoms with Crippen LogP contribution in [0.4, 0.5) is 0 Å². The third-order valence-electron chi connectivity index (χ3n) is 3.86. The first kappa shape index (κ1) is 20.8. The summed E-state index contributed by atoms with van der Waals surface area (Å²) in [5.41, 5.74) is 0.145. The van der Waals surface area contributed by atoms with Crippen LogP contribution in [0.5, 0.6) is 0 Å². The highest BCUT2D eigenvalue weighted by atomic mass is 16.7. The Morgan fingerprint density at radius 1 is 0.957 bits per heavy atom. The summed E-state index contributed by atoms with van der Waals surface area (Å²) in [6.07, 6.45) is -1.97. The number of aliphatic hydroxyl groups excluding tert-OH is 4. The average Bonchev–Trinajstić information content (AvgIpc) is 2.48. The smallest absolute Gasteiger partial charge is 0.186 e. The van der Waals surface area contributed by atoms with Crippen molar-refractivity contribution in [3.05, 3.63) is 0 Å². The minimum Gasteiger partial charge on any atom is -0.394 e. The molecule has 0 aromatic heterocycles. The Kier molecular flexibility index (Phi) is 8.92. The van der Waals surface area contributed by atoms with Crippen molar-refractivity contribution >= 4 is 0 Å². The average molecular weight is 335 g/mol. The fraction of sp³-hybridized carbons (Fsp3) is 1.00. The van der Waals surface area contributed by atoms with E-state index >= 15 is 0 Å². The van der Waals surface area contributed by atoms with Crippen LogP contribution in [-0.4, -0.2) is 76.4 Å². The summed E-state index contributed by atoms with van der Waals surface area (Å²) in [7, 11) is 0. The predicted octanol–water partition coefficient (Wildman–Crippen LogP) is -0.249. The molecule has 0 aromatic rings. The van der Waals surface area contributed by atoms with Gasteiger partial charge in [-0.2, -0.15) is 0 Å². The number of unbranched alkanes of at least 4 members (excludes halogenated alkanes) is 3. The highest BCUT2D eigenvalue weighted by Gasteiger charge is 2.43. The van der Waals surface area contributed by atoms with E-state index in [-0.39, 0.29) is 5.54 Å². The van der Waals surface area contributed by atoms with Crippen LogP contribution in [0.25, 0.3) is 0 Å². The van der Waals surface area contributed by atoms with Crippen molar-refractivity contribution in [1.29, 1.82) is 0 Å². The summed E-state index contributed by atoms with van der Waals surface area (Å²) in [5, 5.41) is 41.7. The molecule has 0 aromatic carbocycles. The van der Waals surface area contributed by atoms with E-state index in [0.717, 1.165) is 32.2 Å². The molecular weight excluding hydrogens is 302 g/mol. The van der Waals surface area contributed by atoms with Gasteiger partial charge in [-0.05, 0) is 40.2 Å². The van der Waals surface area contributed by atoms with Crippen molar-refractivity contribution in [3.63, 3.8) is 0 Å². The van der Waals surface area contributed by atoms with E-state index in [1.165, 1.54) is 0 Å². The molecule has 7 nitrogen and oxygen atoms in total. The topological polar surface area (TPSA) is 111 Å². The van der Waals surface area contributed by atoms with Crippen LogP contribution >= 0.6 is 0 Å². The van der Waals surface area contributed by atoms with Crippen molar-refractivity contribution in [2.75, 3.05) is 19.8 Å². The Labute approximate surface area is 138 Å². The lowest BCUT2D eigenvalue weighted by Crippen LogP contribution is -2.59. The molecule has 0 saturated carbocycles. The summed E-state index contributed by atoms with van der Waals surface area (Å²) >= 11 is 0. The Morgan fingerprint density at radius 3 is 2.22 bits per heavy atom. The fourth-order valence-corrected chi connectivity index (χ4v) is 2.45. The number of hydrogen-bond acceptors (Lipinski definition) is 7. The van der Waals surface area contributed by atoms with E-state index in [0.29, 0.717) is 6.61 Å². The Morgan fingerprint density at radius 2 is 1.61 bits per heavy atom. The normalized spacial score (nSPS) is 32.2. The molecular formula is C16H33NO6. The van der Waals surface area contributed by atoms with Crippen LogP contribution in [0.2, 0.25) is 0 Å². The van der Waals surface area contributed by atoms with E-state index < -0.39 is 37.3 Å². The number of hydrogen-bond donors (Lipinski definition) is 5. The monoisotopic (exact) mass is 335 g/mol. The van der Waals surface area contributed by atoms with Gasteiger partial charge in [-0.15, -0.1) is 0 Å². The van der Waals surface area contributed by atoms with Crippen molar-refractivity contribution in [2.45, 2.75) is 82.7 Å². The standard InChI is InChI=1S/C16H33NO6/c1-16(2,3)17-8-6-4-5-7-9-22-15-14(21)13(20)12(19)11(10-18)23-15/h11-15,17-21H,4-10H2,1-3H3/t11-,12-,13?,14?,15+/m1/s1. The predicted molar refractivity (Wildman–Crippen MR) is 85.9 cm³/mol. The minimum absolute atomic E-state index is 0.145. The molecule has 1 fully saturated rings. The molecule has 0 bridgehead atoms. The first-order valence-corrected chi connectivity index (χ1v) is 8.43. The second-order valence-corrected chi connectivity index (χ2v) is 7.16. The van der Waals surface area contributed by atoms with Gasteiger partial charge in [0.1, 0.15) is 24.4 Å². The lowest BCUT2D eigenvalue weighted by molar-refractivity contribution is -0.301. The molecule has 1 heterocycles.